The molecule has 1 saturated carbocycles. The number of benzene rings is 1. The third-order valence-electron chi connectivity index (χ3n) is 6.34. The van der Waals surface area contributed by atoms with Gasteiger partial charge in [0.2, 0.25) is 0 Å². The lowest BCUT2D eigenvalue weighted by Gasteiger charge is -2.23. The van der Waals surface area contributed by atoms with Crippen LogP contribution in [-0.2, 0) is 6.61 Å². The molecule has 10 heteroatoms. The summed E-state index contributed by atoms with van der Waals surface area (Å²) in [6, 6.07) is 6.27. The number of aliphatic hydroxyl groups is 1. The number of allylic oxidation sites excluding steroid dienone is 4. The molecule has 0 aliphatic heterocycles. The average Bonchev–Trinajstić information content (AvgIpc) is 3.49. The molecule has 5 rings (SSSR count). The second kappa shape index (κ2) is 9.67. The Morgan fingerprint density at radius 1 is 1.26 bits per heavy atom. The molecular weight excluding hydrogens is 470 g/mol. The van der Waals surface area contributed by atoms with E-state index in [2.05, 4.69) is 32.5 Å². The van der Waals surface area contributed by atoms with Gasteiger partial charge < -0.3 is 15.2 Å². The number of halogens is 1. The van der Waals surface area contributed by atoms with Gasteiger partial charge in [-0.15, -0.1) is 0 Å². The van der Waals surface area contributed by atoms with Gasteiger partial charge in [0.25, 0.3) is 17.2 Å². The summed E-state index contributed by atoms with van der Waals surface area (Å²) in [6.07, 6.45) is 11.2. The smallest absolute Gasteiger partial charge is 0.274 e. The monoisotopic (exact) mass is 495 g/mol. The van der Waals surface area contributed by atoms with Crippen LogP contribution >= 0.6 is 11.6 Å². The van der Waals surface area contributed by atoms with E-state index in [1.165, 1.54) is 10.6 Å². The molecule has 0 radical (unpaired) electrons. The number of aromatic amines is 1. The van der Waals surface area contributed by atoms with Crippen molar-refractivity contribution in [3.8, 4) is 5.75 Å². The van der Waals surface area contributed by atoms with Gasteiger partial charge in [-0.1, -0.05) is 48.7 Å². The second-order valence-corrected chi connectivity index (χ2v) is 9.36. The molecule has 3 N–H and O–H groups in total. The van der Waals surface area contributed by atoms with Crippen LogP contribution in [0.1, 0.15) is 60.4 Å². The summed E-state index contributed by atoms with van der Waals surface area (Å²) in [5.74, 6) is 0.636. The van der Waals surface area contributed by atoms with Crippen molar-refractivity contribution in [1.82, 2.24) is 24.9 Å². The first kappa shape index (κ1) is 23.3. The normalized spacial score (nSPS) is 16.9. The molecule has 2 aliphatic rings. The highest BCUT2D eigenvalue weighted by atomic mass is 35.5. The molecule has 0 bridgehead atoms. The van der Waals surface area contributed by atoms with Crippen LogP contribution in [0.5, 0.6) is 5.75 Å². The molecule has 0 atom stereocenters. The van der Waals surface area contributed by atoms with E-state index in [1.807, 2.05) is 6.08 Å². The summed E-state index contributed by atoms with van der Waals surface area (Å²) < 4.78 is 7.16. The van der Waals surface area contributed by atoms with Crippen LogP contribution < -0.4 is 15.6 Å². The van der Waals surface area contributed by atoms with Crippen molar-refractivity contribution in [2.45, 2.75) is 50.7 Å². The highest BCUT2D eigenvalue weighted by Crippen LogP contribution is 2.30. The maximum Gasteiger partial charge on any atom is 0.274 e. The van der Waals surface area contributed by atoms with Gasteiger partial charge in [0.05, 0.1) is 21.9 Å². The van der Waals surface area contributed by atoms with E-state index in [4.69, 9.17) is 16.3 Å². The molecule has 2 heterocycles. The molecule has 2 aromatic heterocycles. The largest absolute Gasteiger partial charge is 0.486 e. The molecule has 0 unspecified atom stereocenters. The number of carbonyl (C=O) groups is 1. The lowest BCUT2D eigenvalue weighted by atomic mass is 10.0. The Bertz CT molecular complexity index is 1380. The van der Waals surface area contributed by atoms with Gasteiger partial charge >= 0.3 is 0 Å². The predicted octanol–water partition coefficient (Wildman–Crippen LogP) is 3.42. The maximum atomic E-state index is 12.9. The minimum atomic E-state index is -0.884. The van der Waals surface area contributed by atoms with Crippen LogP contribution in [0.2, 0.25) is 5.02 Å². The fourth-order valence-corrected chi connectivity index (χ4v) is 4.71. The third kappa shape index (κ3) is 5.01. The summed E-state index contributed by atoms with van der Waals surface area (Å²) in [4.78, 5) is 34.4. The topological polar surface area (TPSA) is 122 Å². The summed E-state index contributed by atoms with van der Waals surface area (Å²) in [5.41, 5.74) is 0.252. The molecule has 1 aromatic carbocycles. The Kier molecular flexibility index (Phi) is 6.44. The highest BCUT2D eigenvalue weighted by molar-refractivity contribution is 6.34. The Hall–Kier alpha value is -3.43. The molecule has 0 spiro atoms. The average molecular weight is 496 g/mol. The van der Waals surface area contributed by atoms with E-state index in [-0.39, 0.29) is 40.8 Å². The molecule has 3 aromatic rings. The molecule has 0 saturated heterocycles. The molecule has 9 nitrogen and oxygen atoms in total. The summed E-state index contributed by atoms with van der Waals surface area (Å²) >= 11 is 6.32. The first-order valence-corrected chi connectivity index (χ1v) is 12.1. The number of H-pyrrole nitrogens is 1. The number of ether oxygens (including phenoxy) is 1. The van der Waals surface area contributed by atoms with Crippen LogP contribution in [0.3, 0.4) is 0 Å². The lowest BCUT2D eigenvalue weighted by Crippen LogP contribution is -2.40. The number of amides is 1. The zero-order chi connectivity index (χ0) is 24.4. The van der Waals surface area contributed by atoms with E-state index in [0.29, 0.717) is 24.4 Å². The predicted molar refractivity (Wildman–Crippen MR) is 131 cm³/mol. The van der Waals surface area contributed by atoms with Gasteiger partial charge in [0.15, 0.2) is 5.82 Å². The van der Waals surface area contributed by atoms with Crippen molar-refractivity contribution in [2.24, 2.45) is 0 Å². The Balaban J connectivity index is 1.33. The molecule has 2 aliphatic carbocycles. The zero-order valence-electron chi connectivity index (χ0n) is 19.1. The van der Waals surface area contributed by atoms with Gasteiger partial charge in [-0.2, -0.15) is 9.50 Å². The molecule has 1 fully saturated rings. The SMILES string of the molecule is O=C(NCC1(O)CCCC1)c1c(Cl)cccc1OCc1cc(=O)n2[nH]c(C3=CCCC=C3)nc2n1. The maximum absolute atomic E-state index is 12.9. The zero-order valence-corrected chi connectivity index (χ0v) is 19.8. The molecular formula is C25H26ClN5O4. The van der Waals surface area contributed by atoms with E-state index in [0.717, 1.165) is 31.3 Å². The quantitative estimate of drug-likeness (QED) is 0.461. The van der Waals surface area contributed by atoms with Crippen molar-refractivity contribution in [2.75, 3.05) is 6.54 Å². The molecule has 182 valence electrons. The van der Waals surface area contributed by atoms with Gasteiger partial charge in [-0.05, 0) is 37.8 Å². The fourth-order valence-electron chi connectivity index (χ4n) is 4.46. The van der Waals surface area contributed by atoms with Gasteiger partial charge in [-0.25, -0.2) is 4.98 Å². The van der Waals surface area contributed by atoms with Crippen LogP contribution in [-0.4, -0.2) is 42.7 Å². The first-order valence-electron chi connectivity index (χ1n) is 11.7. The second-order valence-electron chi connectivity index (χ2n) is 8.95. The van der Waals surface area contributed by atoms with Crippen LogP contribution in [0.15, 0.2) is 47.3 Å². The third-order valence-corrected chi connectivity index (χ3v) is 6.66. The van der Waals surface area contributed by atoms with Crippen LogP contribution in [0, 0.1) is 0 Å². The number of carbonyl (C=O) groups excluding carboxylic acids is 1. The van der Waals surface area contributed by atoms with Crippen molar-refractivity contribution in [3.63, 3.8) is 0 Å². The van der Waals surface area contributed by atoms with Gasteiger partial charge in [0.1, 0.15) is 12.4 Å². The van der Waals surface area contributed by atoms with Crippen LogP contribution in [0.25, 0.3) is 11.4 Å². The lowest BCUT2D eigenvalue weighted by molar-refractivity contribution is 0.0449. The Morgan fingerprint density at radius 2 is 2.09 bits per heavy atom. The highest BCUT2D eigenvalue weighted by Gasteiger charge is 2.32. The standard InChI is InChI=1S/C25H26ClN5O4/c26-18-9-6-10-19(21(18)23(33)27-15-25(34)11-4-5-12-25)35-14-17-13-20(32)31-24(28-17)29-22(30-31)16-7-2-1-3-8-16/h2,6-10,13,34H,1,3-5,11-12,14-15H2,(H,27,33)(H,28,29,30). The number of rotatable bonds is 7. The van der Waals surface area contributed by atoms with E-state index >= 15 is 0 Å². The number of aromatic nitrogens is 4. The fraction of sp³-hybridized carbons (Fsp3) is 0.360. The number of nitrogens with one attached hydrogen (secondary N) is 2. The number of hydrogen-bond donors (Lipinski definition) is 3. The van der Waals surface area contributed by atoms with Crippen molar-refractivity contribution in [1.29, 1.82) is 0 Å². The summed E-state index contributed by atoms with van der Waals surface area (Å²) in [6.45, 7) is 0.0969. The Morgan fingerprint density at radius 3 is 2.86 bits per heavy atom. The minimum Gasteiger partial charge on any atom is -0.486 e. The first-order chi connectivity index (χ1) is 16.9. The van der Waals surface area contributed by atoms with Crippen LogP contribution in [0.4, 0.5) is 0 Å². The molecule has 1 amide bonds. The van der Waals surface area contributed by atoms with E-state index < -0.39 is 11.5 Å². The number of nitrogens with zero attached hydrogens (tertiary/aromatic N) is 3. The summed E-state index contributed by atoms with van der Waals surface area (Å²) in [7, 11) is 0. The van der Waals surface area contributed by atoms with Gasteiger partial charge in [-0.3, -0.25) is 14.7 Å². The van der Waals surface area contributed by atoms with Crippen molar-refractivity contribution < 1.29 is 14.6 Å². The van der Waals surface area contributed by atoms with Crippen molar-refractivity contribution >= 4 is 28.9 Å². The van der Waals surface area contributed by atoms with E-state index in [1.54, 1.807) is 18.2 Å². The van der Waals surface area contributed by atoms with Crippen molar-refractivity contribution in [3.05, 3.63) is 75.0 Å². The summed E-state index contributed by atoms with van der Waals surface area (Å²) in [5, 5.41) is 16.5. The number of fused-ring (bicyclic) bond motifs is 1. The number of hydrogen-bond acceptors (Lipinski definition) is 6. The van der Waals surface area contributed by atoms with Gasteiger partial charge in [0, 0.05) is 18.2 Å². The van der Waals surface area contributed by atoms with E-state index in [9.17, 15) is 14.7 Å². The minimum absolute atomic E-state index is 0.0545. The Labute approximate surface area is 206 Å². The molecule has 35 heavy (non-hydrogen) atoms.